The fourth-order valence-electron chi connectivity index (χ4n) is 2.71. The summed E-state index contributed by atoms with van der Waals surface area (Å²) < 4.78 is 16.6. The van der Waals surface area contributed by atoms with Gasteiger partial charge in [-0.15, -0.1) is 0 Å². The molecular formula is C19H29N3O9. The van der Waals surface area contributed by atoms with Crippen LogP contribution in [0.25, 0.3) is 0 Å². The summed E-state index contributed by atoms with van der Waals surface area (Å²) in [6, 6.07) is 1.16. The van der Waals surface area contributed by atoms with Gasteiger partial charge in [-0.05, 0) is 47.6 Å². The van der Waals surface area contributed by atoms with Crippen LogP contribution in [0.2, 0.25) is 0 Å². The number of aromatic nitrogens is 2. The summed E-state index contributed by atoms with van der Waals surface area (Å²) in [7, 11) is 0. The molecule has 0 spiro atoms. The van der Waals surface area contributed by atoms with Crippen LogP contribution in [0.3, 0.4) is 0 Å². The Morgan fingerprint density at radius 2 is 1.61 bits per heavy atom. The molecule has 0 aromatic carbocycles. The molecule has 1 aromatic heterocycles. The van der Waals surface area contributed by atoms with E-state index in [2.05, 4.69) is 4.98 Å². The fraction of sp³-hybridized carbons (Fsp3) is 0.684. The van der Waals surface area contributed by atoms with Crippen LogP contribution >= 0.6 is 0 Å². The highest BCUT2D eigenvalue weighted by Crippen LogP contribution is 2.28. The minimum absolute atomic E-state index is 0.364. The number of aliphatic hydroxyl groups is 3. The maximum Gasteiger partial charge on any atom is 0.425 e. The third-order valence-electron chi connectivity index (χ3n) is 3.99. The van der Waals surface area contributed by atoms with Crippen LogP contribution in [0.15, 0.2) is 17.1 Å². The number of ether oxygens (including phenoxy) is 3. The second-order valence-corrected chi connectivity index (χ2v) is 9.00. The number of hydrogen-bond donors (Lipinski definition) is 3. The van der Waals surface area contributed by atoms with Crippen molar-refractivity contribution < 1.29 is 39.1 Å². The predicted octanol–water partition coefficient (Wildman–Crippen LogP) is 0.531. The zero-order valence-corrected chi connectivity index (χ0v) is 18.3. The van der Waals surface area contributed by atoms with E-state index in [1.54, 1.807) is 41.5 Å². The Hall–Kier alpha value is -2.54. The molecule has 0 unspecified atom stereocenters. The third kappa shape index (κ3) is 6.00. The highest BCUT2D eigenvalue weighted by atomic mass is 16.6. The number of hydrogen-bond acceptors (Lipinski definition) is 10. The molecule has 1 aliphatic heterocycles. The Kier molecular flexibility index (Phi) is 7.10. The Morgan fingerprint density at radius 3 is 2.00 bits per heavy atom. The van der Waals surface area contributed by atoms with E-state index >= 15 is 0 Å². The molecule has 31 heavy (non-hydrogen) atoms. The van der Waals surface area contributed by atoms with Gasteiger partial charge in [0.1, 0.15) is 29.5 Å². The summed E-state index contributed by atoms with van der Waals surface area (Å²) in [5.74, 6) is -0.364. The molecule has 174 valence electrons. The fourth-order valence-corrected chi connectivity index (χ4v) is 2.71. The number of carbonyl (C=O) groups is 2. The molecule has 0 saturated carbocycles. The highest BCUT2D eigenvalue weighted by molar-refractivity contribution is 6.08. The minimum Gasteiger partial charge on any atom is -0.443 e. The van der Waals surface area contributed by atoms with Gasteiger partial charge in [0.25, 0.3) is 0 Å². The van der Waals surface area contributed by atoms with Crippen molar-refractivity contribution in [1.82, 2.24) is 9.55 Å². The van der Waals surface area contributed by atoms with E-state index in [0.29, 0.717) is 4.90 Å². The van der Waals surface area contributed by atoms with E-state index in [9.17, 15) is 29.7 Å². The average molecular weight is 443 g/mol. The van der Waals surface area contributed by atoms with Crippen LogP contribution in [-0.2, 0) is 14.2 Å². The molecule has 2 rings (SSSR count). The number of anilines is 1. The Morgan fingerprint density at radius 1 is 1.10 bits per heavy atom. The van der Waals surface area contributed by atoms with E-state index in [1.807, 2.05) is 0 Å². The smallest absolute Gasteiger partial charge is 0.425 e. The zero-order valence-electron chi connectivity index (χ0n) is 18.3. The molecular weight excluding hydrogens is 414 g/mol. The van der Waals surface area contributed by atoms with Crippen LogP contribution in [0.4, 0.5) is 15.4 Å². The SMILES string of the molecule is CC(C)(C)OC(=O)N(C(=O)OC(C)(C)C)c1ccn([C@@H]2O[C@H](CO)[C@@H](O)[C@H]2O)c(=O)n1. The third-order valence-corrected chi connectivity index (χ3v) is 3.99. The van der Waals surface area contributed by atoms with Gasteiger partial charge in [-0.1, -0.05) is 0 Å². The second kappa shape index (κ2) is 8.91. The minimum atomic E-state index is -1.50. The van der Waals surface area contributed by atoms with Crippen molar-refractivity contribution in [3.63, 3.8) is 0 Å². The molecule has 0 radical (unpaired) electrons. The first-order chi connectivity index (χ1) is 14.1. The maximum absolute atomic E-state index is 12.6. The lowest BCUT2D eigenvalue weighted by molar-refractivity contribution is -0.0549. The van der Waals surface area contributed by atoms with E-state index in [4.69, 9.17) is 14.2 Å². The maximum atomic E-state index is 12.6. The van der Waals surface area contributed by atoms with Gasteiger partial charge in [-0.2, -0.15) is 9.88 Å². The van der Waals surface area contributed by atoms with Crippen molar-refractivity contribution in [2.45, 2.75) is 77.3 Å². The lowest BCUT2D eigenvalue weighted by atomic mass is 10.1. The number of amides is 2. The van der Waals surface area contributed by atoms with E-state index < -0.39 is 60.2 Å². The summed E-state index contributed by atoms with van der Waals surface area (Å²) in [5.41, 5.74) is -2.86. The van der Waals surface area contributed by atoms with Crippen LogP contribution in [0, 0.1) is 0 Å². The standard InChI is InChI=1S/C19H29N3O9/c1-18(2,3)30-16(27)22(17(28)31-19(4,5)6)11-7-8-21(15(26)20-11)14-13(25)12(24)10(9-23)29-14/h7-8,10,12-14,23-25H,9H2,1-6H3/t10-,12-,13-,14-/m1/s1. The van der Waals surface area contributed by atoms with Crippen LogP contribution in [0.1, 0.15) is 47.8 Å². The monoisotopic (exact) mass is 443 g/mol. The van der Waals surface area contributed by atoms with Gasteiger partial charge in [0, 0.05) is 6.20 Å². The Balaban J connectivity index is 2.41. The summed E-state index contributed by atoms with van der Waals surface area (Å²) in [6.07, 6.45) is -6.40. The molecule has 2 amide bonds. The van der Waals surface area contributed by atoms with Crippen LogP contribution in [-0.4, -0.2) is 73.2 Å². The predicted molar refractivity (Wildman–Crippen MR) is 106 cm³/mol. The van der Waals surface area contributed by atoms with E-state index in [1.165, 1.54) is 0 Å². The van der Waals surface area contributed by atoms with Crippen LogP contribution < -0.4 is 10.6 Å². The first-order valence-corrected chi connectivity index (χ1v) is 9.62. The topological polar surface area (TPSA) is 161 Å². The lowest BCUT2D eigenvalue weighted by Gasteiger charge is -2.28. The quantitative estimate of drug-likeness (QED) is 0.601. The summed E-state index contributed by atoms with van der Waals surface area (Å²) in [4.78, 5) is 42.1. The van der Waals surface area contributed by atoms with Crippen molar-refractivity contribution in [3.8, 4) is 0 Å². The molecule has 12 nitrogen and oxygen atoms in total. The first-order valence-electron chi connectivity index (χ1n) is 9.62. The molecule has 1 fully saturated rings. The largest absolute Gasteiger partial charge is 0.443 e. The van der Waals surface area contributed by atoms with Gasteiger partial charge in [0.15, 0.2) is 12.0 Å². The van der Waals surface area contributed by atoms with E-state index in [-0.39, 0.29) is 5.82 Å². The lowest BCUT2D eigenvalue weighted by Crippen LogP contribution is -2.45. The highest BCUT2D eigenvalue weighted by Gasteiger charge is 2.44. The Bertz CT molecular complexity index is 844. The van der Waals surface area contributed by atoms with Crippen LogP contribution in [0.5, 0.6) is 0 Å². The first kappa shape index (κ1) is 24.7. The molecule has 1 saturated heterocycles. The normalized spacial score (nSPS) is 24.0. The number of carbonyl (C=O) groups excluding carboxylic acids is 2. The molecule has 0 bridgehead atoms. The summed E-state index contributed by atoms with van der Waals surface area (Å²) >= 11 is 0. The number of imide groups is 1. The van der Waals surface area contributed by atoms with Crippen molar-refractivity contribution in [3.05, 3.63) is 22.7 Å². The number of aliphatic hydroxyl groups excluding tert-OH is 3. The zero-order chi connectivity index (χ0) is 23.7. The van der Waals surface area contributed by atoms with Gasteiger partial charge >= 0.3 is 17.9 Å². The van der Waals surface area contributed by atoms with Gasteiger partial charge in [0.05, 0.1) is 6.61 Å². The molecule has 3 N–H and O–H groups in total. The molecule has 12 heteroatoms. The summed E-state index contributed by atoms with van der Waals surface area (Å²) in [6.45, 7) is 9.05. The molecule has 4 atom stereocenters. The second-order valence-electron chi connectivity index (χ2n) is 9.00. The van der Waals surface area contributed by atoms with Gasteiger partial charge in [0.2, 0.25) is 0 Å². The average Bonchev–Trinajstić information content (AvgIpc) is 2.87. The van der Waals surface area contributed by atoms with Crippen molar-refractivity contribution in [2.24, 2.45) is 0 Å². The van der Waals surface area contributed by atoms with E-state index in [0.717, 1.165) is 16.8 Å². The summed E-state index contributed by atoms with van der Waals surface area (Å²) in [5, 5.41) is 29.2. The van der Waals surface area contributed by atoms with Crippen molar-refractivity contribution in [2.75, 3.05) is 11.5 Å². The van der Waals surface area contributed by atoms with Gasteiger partial charge in [-0.3, -0.25) is 4.57 Å². The molecule has 0 aliphatic carbocycles. The number of nitrogens with zero attached hydrogens (tertiary/aromatic N) is 3. The molecule has 1 aromatic rings. The van der Waals surface area contributed by atoms with Crippen molar-refractivity contribution >= 4 is 18.0 Å². The molecule has 1 aliphatic rings. The van der Waals surface area contributed by atoms with Gasteiger partial charge in [-0.25, -0.2) is 14.4 Å². The van der Waals surface area contributed by atoms with Gasteiger partial charge < -0.3 is 29.5 Å². The number of rotatable bonds is 3. The Labute approximate surface area is 179 Å². The van der Waals surface area contributed by atoms with Crippen molar-refractivity contribution in [1.29, 1.82) is 0 Å². The molecule has 2 heterocycles.